The highest BCUT2D eigenvalue weighted by Gasteiger charge is 1.95. The first-order valence-electron chi connectivity index (χ1n) is 3.89. The number of alkyl halides is 1. The number of rotatable bonds is 3. The summed E-state index contributed by atoms with van der Waals surface area (Å²) in [6.07, 6.45) is 2.72. The minimum atomic E-state index is 0.508. The maximum absolute atomic E-state index is 6.86. The topological polar surface area (TPSA) is 49.9 Å². The van der Waals surface area contributed by atoms with Crippen molar-refractivity contribution >= 4 is 23.5 Å². The van der Waals surface area contributed by atoms with Crippen molar-refractivity contribution in [2.45, 2.75) is 5.88 Å². The summed E-state index contributed by atoms with van der Waals surface area (Å²) in [6, 6.07) is 7.64. The van der Waals surface area contributed by atoms with Crippen LogP contribution in [0.15, 0.2) is 30.3 Å². The smallest absolute Gasteiger partial charge is 0.0474 e. The van der Waals surface area contributed by atoms with Gasteiger partial charge in [0.05, 0.1) is 0 Å². The molecule has 0 atom stereocenters. The minimum Gasteiger partial charge on any atom is -0.398 e. The fourth-order valence-corrected chi connectivity index (χ4v) is 1.15. The Hall–Kier alpha value is -1.28. The summed E-state index contributed by atoms with van der Waals surface area (Å²) < 4.78 is 0. The lowest BCUT2D eigenvalue weighted by atomic mass is 10.1. The second-order valence-electron chi connectivity index (χ2n) is 2.62. The first-order valence-corrected chi connectivity index (χ1v) is 4.43. The number of halogens is 1. The van der Waals surface area contributed by atoms with Crippen LogP contribution in [-0.4, -0.2) is 6.21 Å². The van der Waals surface area contributed by atoms with Gasteiger partial charge >= 0.3 is 0 Å². The molecule has 13 heavy (non-hydrogen) atoms. The Morgan fingerprint density at radius 2 is 2.00 bits per heavy atom. The summed E-state index contributed by atoms with van der Waals surface area (Å²) in [4.78, 5) is 0. The predicted octanol–water partition coefficient (Wildman–Crippen LogP) is 2.37. The van der Waals surface area contributed by atoms with E-state index < -0.39 is 0 Å². The van der Waals surface area contributed by atoms with Crippen LogP contribution in [0.5, 0.6) is 0 Å². The molecule has 0 saturated carbocycles. The van der Waals surface area contributed by atoms with Gasteiger partial charge in [-0.05, 0) is 17.2 Å². The average Bonchev–Trinajstić information content (AvgIpc) is 2.18. The van der Waals surface area contributed by atoms with Crippen molar-refractivity contribution in [3.8, 4) is 0 Å². The van der Waals surface area contributed by atoms with Gasteiger partial charge in [-0.15, -0.1) is 11.6 Å². The summed E-state index contributed by atoms with van der Waals surface area (Å²) in [5.41, 5.74) is 8.24. The molecule has 0 heterocycles. The van der Waals surface area contributed by atoms with E-state index in [2.05, 4.69) is 0 Å². The summed E-state index contributed by atoms with van der Waals surface area (Å²) in [5.74, 6) is 0.508. The van der Waals surface area contributed by atoms with Crippen LogP contribution in [0.3, 0.4) is 0 Å². The fraction of sp³-hybridized carbons (Fsp3) is 0.100. The Balaban J connectivity index is 2.91. The minimum absolute atomic E-state index is 0.508. The monoisotopic (exact) mass is 194 g/mol. The van der Waals surface area contributed by atoms with E-state index in [4.69, 9.17) is 22.7 Å². The van der Waals surface area contributed by atoms with Crippen LogP contribution < -0.4 is 5.73 Å². The molecule has 3 N–H and O–H groups in total. The van der Waals surface area contributed by atoms with Crippen LogP contribution in [0.25, 0.3) is 5.70 Å². The Bertz CT molecular complexity index is 314. The van der Waals surface area contributed by atoms with Gasteiger partial charge in [-0.2, -0.15) is 0 Å². The molecule has 1 rings (SSSR count). The zero-order chi connectivity index (χ0) is 9.68. The first-order chi connectivity index (χ1) is 6.27. The zero-order valence-electron chi connectivity index (χ0n) is 7.13. The van der Waals surface area contributed by atoms with Gasteiger partial charge in [-0.3, -0.25) is 0 Å². The molecule has 0 aliphatic carbocycles. The SMILES string of the molecule is N=C/C=C(\N)c1ccc(CCl)cc1. The molecule has 0 fully saturated rings. The van der Waals surface area contributed by atoms with Gasteiger partial charge in [0.1, 0.15) is 0 Å². The lowest BCUT2D eigenvalue weighted by Crippen LogP contribution is -1.96. The molecule has 1 aromatic rings. The lowest BCUT2D eigenvalue weighted by Gasteiger charge is -2.01. The van der Waals surface area contributed by atoms with Crippen molar-refractivity contribution in [1.29, 1.82) is 5.41 Å². The molecule has 0 saturated heterocycles. The number of nitrogens with one attached hydrogen (secondary N) is 1. The maximum Gasteiger partial charge on any atom is 0.0474 e. The molecule has 0 aromatic heterocycles. The van der Waals surface area contributed by atoms with Crippen LogP contribution in [0.2, 0.25) is 0 Å². The van der Waals surface area contributed by atoms with Crippen LogP contribution in [0.4, 0.5) is 0 Å². The van der Waals surface area contributed by atoms with E-state index in [9.17, 15) is 0 Å². The number of nitrogens with two attached hydrogens (primary N) is 1. The van der Waals surface area contributed by atoms with Gasteiger partial charge < -0.3 is 11.1 Å². The van der Waals surface area contributed by atoms with Crippen molar-refractivity contribution in [2.75, 3.05) is 0 Å². The van der Waals surface area contributed by atoms with Crippen LogP contribution in [0, 0.1) is 5.41 Å². The molecule has 0 bridgehead atoms. The van der Waals surface area contributed by atoms with E-state index in [0.717, 1.165) is 11.1 Å². The highest BCUT2D eigenvalue weighted by Crippen LogP contribution is 2.11. The molecule has 0 radical (unpaired) electrons. The summed E-state index contributed by atoms with van der Waals surface area (Å²) >= 11 is 5.64. The largest absolute Gasteiger partial charge is 0.398 e. The third-order valence-electron chi connectivity index (χ3n) is 1.70. The maximum atomic E-state index is 6.86. The number of benzene rings is 1. The predicted molar refractivity (Wildman–Crippen MR) is 56.9 cm³/mol. The molecule has 0 unspecified atom stereocenters. The van der Waals surface area contributed by atoms with Crippen molar-refractivity contribution in [1.82, 2.24) is 0 Å². The van der Waals surface area contributed by atoms with E-state index in [0.29, 0.717) is 11.6 Å². The molecular weight excluding hydrogens is 184 g/mol. The van der Waals surface area contributed by atoms with Gasteiger partial charge in [0.25, 0.3) is 0 Å². The van der Waals surface area contributed by atoms with Gasteiger partial charge in [-0.25, -0.2) is 0 Å². The molecule has 0 amide bonds. The molecule has 3 heteroatoms. The van der Waals surface area contributed by atoms with Crippen molar-refractivity contribution in [3.05, 3.63) is 41.5 Å². The normalized spacial score (nSPS) is 11.3. The Kier molecular flexibility index (Phi) is 3.53. The molecule has 0 spiro atoms. The van der Waals surface area contributed by atoms with Crippen LogP contribution >= 0.6 is 11.6 Å². The van der Waals surface area contributed by atoms with Crippen LogP contribution in [-0.2, 0) is 5.88 Å². The molecule has 2 nitrogen and oxygen atoms in total. The molecular formula is C10H11ClN2. The van der Waals surface area contributed by atoms with E-state index in [1.807, 2.05) is 24.3 Å². The Morgan fingerprint density at radius 3 is 2.46 bits per heavy atom. The zero-order valence-corrected chi connectivity index (χ0v) is 7.88. The van der Waals surface area contributed by atoms with Gasteiger partial charge in [0.15, 0.2) is 0 Å². The molecule has 68 valence electrons. The van der Waals surface area contributed by atoms with E-state index in [1.165, 1.54) is 6.21 Å². The fourth-order valence-electron chi connectivity index (χ4n) is 0.972. The quantitative estimate of drug-likeness (QED) is 0.564. The third-order valence-corrected chi connectivity index (χ3v) is 2.01. The number of hydrogen-bond donors (Lipinski definition) is 2. The average molecular weight is 195 g/mol. The second kappa shape index (κ2) is 4.67. The van der Waals surface area contributed by atoms with Crippen LogP contribution in [0.1, 0.15) is 11.1 Å². The summed E-state index contributed by atoms with van der Waals surface area (Å²) in [7, 11) is 0. The standard InChI is InChI=1S/C10H11ClN2/c11-7-8-1-3-9(4-2-8)10(13)5-6-12/h1-6,12H,7,13H2/b10-5-,12-6?. The Labute approximate surface area is 82.5 Å². The highest BCUT2D eigenvalue weighted by atomic mass is 35.5. The van der Waals surface area contributed by atoms with Crippen molar-refractivity contribution in [3.63, 3.8) is 0 Å². The lowest BCUT2D eigenvalue weighted by molar-refractivity contribution is 1.38. The number of allylic oxidation sites excluding steroid dienone is 1. The van der Waals surface area contributed by atoms with Gasteiger partial charge in [0, 0.05) is 17.8 Å². The van der Waals surface area contributed by atoms with E-state index in [1.54, 1.807) is 6.08 Å². The molecule has 1 aromatic carbocycles. The molecule has 0 aliphatic rings. The van der Waals surface area contributed by atoms with Gasteiger partial charge in [0.2, 0.25) is 0 Å². The molecule has 0 aliphatic heterocycles. The van der Waals surface area contributed by atoms with E-state index in [-0.39, 0.29) is 0 Å². The Morgan fingerprint density at radius 1 is 1.38 bits per heavy atom. The van der Waals surface area contributed by atoms with Crippen molar-refractivity contribution < 1.29 is 0 Å². The highest BCUT2D eigenvalue weighted by molar-refractivity contribution is 6.17. The number of hydrogen-bond acceptors (Lipinski definition) is 2. The first kappa shape index (κ1) is 9.81. The van der Waals surface area contributed by atoms with E-state index >= 15 is 0 Å². The summed E-state index contributed by atoms with van der Waals surface area (Å²) in [5, 5.41) is 6.86. The third kappa shape index (κ3) is 2.60. The van der Waals surface area contributed by atoms with Gasteiger partial charge in [-0.1, -0.05) is 24.3 Å². The summed E-state index contributed by atoms with van der Waals surface area (Å²) in [6.45, 7) is 0. The second-order valence-corrected chi connectivity index (χ2v) is 2.89. The van der Waals surface area contributed by atoms with Crippen molar-refractivity contribution in [2.24, 2.45) is 5.73 Å².